The van der Waals surface area contributed by atoms with E-state index in [-0.39, 0.29) is 24.7 Å². The van der Waals surface area contributed by atoms with Crippen LogP contribution in [0.3, 0.4) is 0 Å². The largest absolute Gasteiger partial charge is 0.394 e. The molecule has 1 heterocycles. The number of rotatable bonds is 2. The standard InChI is InChI=1S/C16H22N2O2/c19-11-13-7-4-10-18(13)16(20)17-15-9-3-6-12-5-1-2-8-14(12)15/h1-2,5,8,13,15,19H,3-4,6-7,9-11H2,(H,17,20). The van der Waals surface area contributed by atoms with Crippen molar-refractivity contribution in [3.05, 3.63) is 35.4 Å². The molecule has 108 valence electrons. The Balaban J connectivity index is 1.71. The second kappa shape index (κ2) is 5.83. The van der Waals surface area contributed by atoms with Crippen molar-refractivity contribution in [2.45, 2.75) is 44.2 Å². The number of amides is 2. The molecular weight excluding hydrogens is 252 g/mol. The number of hydrogen-bond acceptors (Lipinski definition) is 2. The third kappa shape index (κ3) is 2.52. The molecule has 2 amide bonds. The van der Waals surface area contributed by atoms with Gasteiger partial charge >= 0.3 is 6.03 Å². The number of aliphatic hydroxyl groups is 1. The second-order valence-electron chi connectivity index (χ2n) is 5.77. The van der Waals surface area contributed by atoms with Gasteiger partial charge in [0.1, 0.15) is 0 Å². The van der Waals surface area contributed by atoms with Crippen LogP contribution < -0.4 is 5.32 Å². The molecule has 2 unspecified atom stereocenters. The molecule has 1 aromatic rings. The maximum Gasteiger partial charge on any atom is 0.318 e. The Hall–Kier alpha value is -1.55. The number of carbonyl (C=O) groups excluding carboxylic acids is 1. The molecule has 0 saturated carbocycles. The summed E-state index contributed by atoms with van der Waals surface area (Å²) in [7, 11) is 0. The van der Waals surface area contributed by atoms with Gasteiger partial charge < -0.3 is 15.3 Å². The van der Waals surface area contributed by atoms with Gasteiger partial charge in [-0.3, -0.25) is 0 Å². The summed E-state index contributed by atoms with van der Waals surface area (Å²) in [6.07, 6.45) is 5.11. The highest BCUT2D eigenvalue weighted by Crippen LogP contribution is 2.30. The predicted octanol–water partition coefficient (Wildman–Crippen LogP) is 2.23. The number of aliphatic hydroxyl groups excluding tert-OH is 1. The number of likely N-dealkylation sites (tertiary alicyclic amines) is 1. The van der Waals surface area contributed by atoms with Gasteiger partial charge in [0.15, 0.2) is 0 Å². The van der Waals surface area contributed by atoms with Crippen molar-refractivity contribution in [2.24, 2.45) is 0 Å². The smallest absolute Gasteiger partial charge is 0.318 e. The van der Waals surface area contributed by atoms with E-state index < -0.39 is 0 Å². The summed E-state index contributed by atoms with van der Waals surface area (Å²) in [6, 6.07) is 8.46. The Morgan fingerprint density at radius 2 is 2.15 bits per heavy atom. The van der Waals surface area contributed by atoms with Gasteiger partial charge in [-0.2, -0.15) is 0 Å². The molecule has 1 fully saturated rings. The van der Waals surface area contributed by atoms with E-state index in [9.17, 15) is 9.90 Å². The van der Waals surface area contributed by atoms with E-state index in [1.54, 1.807) is 4.90 Å². The van der Waals surface area contributed by atoms with E-state index in [4.69, 9.17) is 0 Å². The van der Waals surface area contributed by atoms with Crippen LogP contribution in [0.5, 0.6) is 0 Å². The Kier molecular flexibility index (Phi) is 3.92. The fraction of sp³-hybridized carbons (Fsp3) is 0.562. The fourth-order valence-corrected chi connectivity index (χ4v) is 3.43. The molecule has 20 heavy (non-hydrogen) atoms. The first kappa shape index (κ1) is 13.4. The normalized spacial score (nSPS) is 25.4. The Labute approximate surface area is 119 Å². The number of urea groups is 1. The highest BCUT2D eigenvalue weighted by Gasteiger charge is 2.30. The number of benzene rings is 1. The van der Waals surface area contributed by atoms with Gasteiger partial charge in [0.05, 0.1) is 18.7 Å². The van der Waals surface area contributed by atoms with E-state index in [2.05, 4.69) is 23.5 Å². The van der Waals surface area contributed by atoms with E-state index in [1.165, 1.54) is 11.1 Å². The summed E-state index contributed by atoms with van der Waals surface area (Å²) in [5, 5.41) is 12.5. The monoisotopic (exact) mass is 274 g/mol. The van der Waals surface area contributed by atoms with Crippen LogP contribution in [0.15, 0.2) is 24.3 Å². The van der Waals surface area contributed by atoms with Crippen molar-refractivity contribution in [1.82, 2.24) is 10.2 Å². The van der Waals surface area contributed by atoms with Crippen LogP contribution in [0.25, 0.3) is 0 Å². The van der Waals surface area contributed by atoms with Gasteiger partial charge in [-0.05, 0) is 43.2 Å². The topological polar surface area (TPSA) is 52.6 Å². The zero-order valence-electron chi connectivity index (χ0n) is 11.7. The van der Waals surface area contributed by atoms with E-state index in [0.29, 0.717) is 0 Å². The maximum absolute atomic E-state index is 12.4. The second-order valence-corrected chi connectivity index (χ2v) is 5.77. The number of nitrogens with one attached hydrogen (secondary N) is 1. The molecule has 4 nitrogen and oxygen atoms in total. The molecule has 2 atom stereocenters. The van der Waals surface area contributed by atoms with Gasteiger partial charge in [-0.15, -0.1) is 0 Å². The highest BCUT2D eigenvalue weighted by molar-refractivity contribution is 5.75. The minimum Gasteiger partial charge on any atom is -0.394 e. The number of carbonyl (C=O) groups is 1. The molecule has 1 saturated heterocycles. The molecule has 1 aliphatic heterocycles. The van der Waals surface area contributed by atoms with Crippen LogP contribution in [-0.2, 0) is 6.42 Å². The zero-order valence-corrected chi connectivity index (χ0v) is 11.7. The average molecular weight is 274 g/mol. The summed E-state index contributed by atoms with van der Waals surface area (Å²) in [5.41, 5.74) is 2.61. The highest BCUT2D eigenvalue weighted by atomic mass is 16.3. The van der Waals surface area contributed by atoms with Crippen LogP contribution in [0, 0.1) is 0 Å². The summed E-state index contributed by atoms with van der Waals surface area (Å²) in [4.78, 5) is 14.2. The minimum absolute atomic E-state index is 0.00571. The van der Waals surface area contributed by atoms with Crippen LogP contribution >= 0.6 is 0 Å². The number of hydrogen-bond donors (Lipinski definition) is 2. The van der Waals surface area contributed by atoms with Crippen LogP contribution in [-0.4, -0.2) is 35.2 Å². The lowest BCUT2D eigenvalue weighted by atomic mass is 9.88. The zero-order chi connectivity index (χ0) is 13.9. The Morgan fingerprint density at radius 3 is 3.00 bits per heavy atom. The lowest BCUT2D eigenvalue weighted by Crippen LogP contribution is -2.45. The van der Waals surface area contributed by atoms with Crippen LogP contribution in [0.2, 0.25) is 0 Å². The van der Waals surface area contributed by atoms with Gasteiger partial charge in [-0.25, -0.2) is 4.79 Å². The summed E-state index contributed by atoms with van der Waals surface area (Å²) < 4.78 is 0. The van der Waals surface area contributed by atoms with Crippen molar-refractivity contribution in [1.29, 1.82) is 0 Å². The van der Waals surface area contributed by atoms with Crippen molar-refractivity contribution in [2.75, 3.05) is 13.2 Å². The molecule has 0 aromatic heterocycles. The number of aryl methyl sites for hydroxylation is 1. The lowest BCUT2D eigenvalue weighted by Gasteiger charge is -2.30. The van der Waals surface area contributed by atoms with Gasteiger partial charge in [-0.1, -0.05) is 24.3 Å². The first-order valence-electron chi connectivity index (χ1n) is 7.55. The summed E-state index contributed by atoms with van der Waals surface area (Å²) in [6.45, 7) is 0.820. The fourth-order valence-electron chi connectivity index (χ4n) is 3.43. The number of nitrogens with zero attached hydrogens (tertiary/aromatic N) is 1. The van der Waals surface area contributed by atoms with E-state index >= 15 is 0 Å². The van der Waals surface area contributed by atoms with Gasteiger partial charge in [0, 0.05) is 6.54 Å². The molecule has 4 heteroatoms. The molecular formula is C16H22N2O2. The van der Waals surface area contributed by atoms with Crippen LogP contribution in [0.1, 0.15) is 42.9 Å². The third-order valence-corrected chi connectivity index (χ3v) is 4.52. The Morgan fingerprint density at radius 1 is 1.30 bits per heavy atom. The molecule has 0 radical (unpaired) electrons. The summed E-state index contributed by atoms with van der Waals surface area (Å²) in [5.74, 6) is 0. The molecule has 2 N–H and O–H groups in total. The molecule has 3 rings (SSSR count). The van der Waals surface area contributed by atoms with E-state index in [1.807, 2.05) is 6.07 Å². The Bertz CT molecular complexity index is 489. The van der Waals surface area contributed by atoms with Crippen molar-refractivity contribution in [3.63, 3.8) is 0 Å². The first-order valence-corrected chi connectivity index (χ1v) is 7.55. The van der Waals surface area contributed by atoms with Crippen molar-refractivity contribution in [3.8, 4) is 0 Å². The molecule has 1 aliphatic carbocycles. The first-order chi connectivity index (χ1) is 9.79. The minimum atomic E-state index is -0.0248. The molecule has 1 aromatic carbocycles. The number of fused-ring (bicyclic) bond motifs is 1. The van der Waals surface area contributed by atoms with E-state index in [0.717, 1.165) is 38.6 Å². The average Bonchev–Trinajstić information content (AvgIpc) is 2.96. The third-order valence-electron chi connectivity index (χ3n) is 4.52. The summed E-state index contributed by atoms with van der Waals surface area (Å²) >= 11 is 0. The van der Waals surface area contributed by atoms with Crippen molar-refractivity contribution < 1.29 is 9.90 Å². The van der Waals surface area contributed by atoms with Gasteiger partial charge in [0.25, 0.3) is 0 Å². The molecule has 0 spiro atoms. The molecule has 0 bridgehead atoms. The maximum atomic E-state index is 12.4. The SMILES string of the molecule is O=C(NC1CCCc2ccccc21)N1CCCC1CO. The van der Waals surface area contributed by atoms with Crippen molar-refractivity contribution >= 4 is 6.03 Å². The lowest BCUT2D eigenvalue weighted by molar-refractivity contribution is 0.154. The van der Waals surface area contributed by atoms with Gasteiger partial charge in [0.2, 0.25) is 0 Å². The van der Waals surface area contributed by atoms with Crippen LogP contribution in [0.4, 0.5) is 4.79 Å². The molecule has 2 aliphatic rings. The predicted molar refractivity (Wildman–Crippen MR) is 77.5 cm³/mol. The quantitative estimate of drug-likeness (QED) is 0.869.